The summed E-state index contributed by atoms with van der Waals surface area (Å²) in [6, 6.07) is 4.96. The van der Waals surface area contributed by atoms with E-state index in [0.717, 1.165) is 6.42 Å². The zero-order chi connectivity index (χ0) is 14.5. The smallest absolute Gasteiger partial charge is 0.269 e. The van der Waals surface area contributed by atoms with Crippen LogP contribution in [0.1, 0.15) is 26.2 Å². The molecule has 0 heterocycles. The number of nitro groups is 1. The van der Waals surface area contributed by atoms with Gasteiger partial charge >= 0.3 is 0 Å². The second kappa shape index (κ2) is 6.63. The van der Waals surface area contributed by atoms with Crippen molar-refractivity contribution in [2.45, 2.75) is 37.1 Å². The van der Waals surface area contributed by atoms with Crippen molar-refractivity contribution in [1.29, 1.82) is 0 Å². The standard InChI is InChI=1S/C12H18N2O4S/c1-2-10(13)4-3-9-19(17,18)12-7-5-11(6-8-12)14(15)16/h5-8,10H,2-4,9,13H2,1H3. The summed E-state index contributed by atoms with van der Waals surface area (Å²) in [5.74, 6) is 0.0124. The molecule has 0 spiro atoms. The van der Waals surface area contributed by atoms with Crippen molar-refractivity contribution in [3.05, 3.63) is 34.4 Å². The van der Waals surface area contributed by atoms with Crippen LogP contribution in [0.25, 0.3) is 0 Å². The topological polar surface area (TPSA) is 103 Å². The van der Waals surface area contributed by atoms with E-state index in [4.69, 9.17) is 5.73 Å². The van der Waals surface area contributed by atoms with Crippen LogP contribution in [0.5, 0.6) is 0 Å². The van der Waals surface area contributed by atoms with E-state index in [-0.39, 0.29) is 22.4 Å². The molecule has 0 bridgehead atoms. The first-order chi connectivity index (χ1) is 8.86. The number of nitrogens with two attached hydrogens (primary N) is 1. The van der Waals surface area contributed by atoms with E-state index in [9.17, 15) is 18.5 Å². The Kier molecular flexibility index (Phi) is 5.44. The predicted octanol–water partition coefficient (Wildman–Crippen LogP) is 1.89. The van der Waals surface area contributed by atoms with Gasteiger partial charge in [-0.1, -0.05) is 6.92 Å². The molecule has 6 nitrogen and oxygen atoms in total. The Morgan fingerprint density at radius 2 is 1.89 bits per heavy atom. The third-order valence-corrected chi connectivity index (χ3v) is 4.74. The number of non-ortho nitro benzene ring substituents is 1. The highest BCUT2D eigenvalue weighted by atomic mass is 32.2. The Morgan fingerprint density at radius 3 is 2.37 bits per heavy atom. The first-order valence-corrected chi connectivity index (χ1v) is 7.75. The van der Waals surface area contributed by atoms with E-state index < -0.39 is 14.8 Å². The highest BCUT2D eigenvalue weighted by Gasteiger charge is 2.16. The number of sulfone groups is 1. The molecule has 1 aromatic rings. The van der Waals surface area contributed by atoms with Crippen LogP contribution >= 0.6 is 0 Å². The zero-order valence-electron chi connectivity index (χ0n) is 10.8. The second-order valence-electron chi connectivity index (χ2n) is 4.38. The molecule has 1 aromatic carbocycles. The van der Waals surface area contributed by atoms with Gasteiger partial charge in [-0.25, -0.2) is 8.42 Å². The van der Waals surface area contributed by atoms with Gasteiger partial charge in [-0.15, -0.1) is 0 Å². The van der Waals surface area contributed by atoms with Gasteiger partial charge in [0.05, 0.1) is 15.6 Å². The van der Waals surface area contributed by atoms with Crippen molar-refractivity contribution in [2.24, 2.45) is 5.73 Å². The molecular formula is C12H18N2O4S. The van der Waals surface area contributed by atoms with Crippen LogP contribution in [0.15, 0.2) is 29.2 Å². The molecule has 0 aliphatic heterocycles. The molecule has 0 aromatic heterocycles. The molecule has 1 unspecified atom stereocenters. The van der Waals surface area contributed by atoms with Crippen LogP contribution in [0, 0.1) is 10.1 Å². The lowest BCUT2D eigenvalue weighted by atomic mass is 10.1. The van der Waals surface area contributed by atoms with Crippen LogP contribution in [0.4, 0.5) is 5.69 Å². The van der Waals surface area contributed by atoms with Crippen LogP contribution in [0.2, 0.25) is 0 Å². The first kappa shape index (κ1) is 15.6. The summed E-state index contributed by atoms with van der Waals surface area (Å²) in [6.07, 6.45) is 1.97. The fourth-order valence-corrected chi connectivity index (χ4v) is 2.97. The largest absolute Gasteiger partial charge is 0.328 e. The second-order valence-corrected chi connectivity index (χ2v) is 6.49. The number of nitrogens with zero attached hydrogens (tertiary/aromatic N) is 1. The quantitative estimate of drug-likeness (QED) is 0.609. The molecule has 2 N–H and O–H groups in total. The maximum Gasteiger partial charge on any atom is 0.269 e. The van der Waals surface area contributed by atoms with Gasteiger partial charge in [0.15, 0.2) is 9.84 Å². The summed E-state index contributed by atoms with van der Waals surface area (Å²) < 4.78 is 23.9. The van der Waals surface area contributed by atoms with Crippen LogP contribution in [-0.4, -0.2) is 25.1 Å². The molecule has 0 saturated carbocycles. The number of hydrogen-bond donors (Lipinski definition) is 1. The van der Waals surface area contributed by atoms with Gasteiger partial charge in [0.25, 0.3) is 5.69 Å². The molecule has 106 valence electrons. The summed E-state index contributed by atoms with van der Waals surface area (Å²) in [6.45, 7) is 1.95. The molecule has 0 amide bonds. The lowest BCUT2D eigenvalue weighted by Crippen LogP contribution is -2.19. The highest BCUT2D eigenvalue weighted by molar-refractivity contribution is 7.91. The maximum atomic E-state index is 12.0. The molecule has 0 saturated heterocycles. The number of benzene rings is 1. The fraction of sp³-hybridized carbons (Fsp3) is 0.500. The summed E-state index contributed by atoms with van der Waals surface area (Å²) in [4.78, 5) is 10.0. The summed E-state index contributed by atoms with van der Waals surface area (Å²) in [5.41, 5.74) is 5.61. The van der Waals surface area contributed by atoms with E-state index >= 15 is 0 Å². The Morgan fingerprint density at radius 1 is 1.32 bits per heavy atom. The molecular weight excluding hydrogens is 268 g/mol. The minimum atomic E-state index is -3.38. The van der Waals surface area contributed by atoms with E-state index in [1.165, 1.54) is 24.3 Å². The molecule has 7 heteroatoms. The Balaban J connectivity index is 2.69. The minimum Gasteiger partial charge on any atom is -0.328 e. The van der Waals surface area contributed by atoms with Gasteiger partial charge in [0, 0.05) is 18.2 Å². The Labute approximate surface area is 112 Å². The summed E-state index contributed by atoms with van der Waals surface area (Å²) >= 11 is 0. The third kappa shape index (κ3) is 4.60. The van der Waals surface area contributed by atoms with Crippen molar-refractivity contribution in [1.82, 2.24) is 0 Å². The van der Waals surface area contributed by atoms with Crippen molar-refractivity contribution < 1.29 is 13.3 Å². The zero-order valence-corrected chi connectivity index (χ0v) is 11.6. The Bertz CT molecular complexity index is 525. The van der Waals surface area contributed by atoms with Crippen molar-refractivity contribution >= 4 is 15.5 Å². The van der Waals surface area contributed by atoms with Crippen LogP contribution in [-0.2, 0) is 9.84 Å². The van der Waals surface area contributed by atoms with Gasteiger partial charge in [0.2, 0.25) is 0 Å². The van der Waals surface area contributed by atoms with Gasteiger partial charge in [-0.05, 0) is 31.4 Å². The lowest BCUT2D eigenvalue weighted by molar-refractivity contribution is -0.384. The monoisotopic (exact) mass is 286 g/mol. The molecule has 0 fully saturated rings. The maximum absolute atomic E-state index is 12.0. The van der Waals surface area contributed by atoms with Crippen molar-refractivity contribution in [3.8, 4) is 0 Å². The average molecular weight is 286 g/mol. The van der Waals surface area contributed by atoms with Crippen molar-refractivity contribution in [2.75, 3.05) is 5.75 Å². The third-order valence-electron chi connectivity index (χ3n) is 2.92. The summed E-state index contributed by atoms with van der Waals surface area (Å²) in [7, 11) is -3.38. The van der Waals surface area contributed by atoms with E-state index in [0.29, 0.717) is 12.8 Å². The summed E-state index contributed by atoms with van der Waals surface area (Å²) in [5, 5.41) is 10.5. The molecule has 1 rings (SSSR count). The van der Waals surface area contributed by atoms with Gasteiger partial charge in [-0.3, -0.25) is 10.1 Å². The van der Waals surface area contributed by atoms with Gasteiger partial charge < -0.3 is 5.73 Å². The number of nitro benzene ring substituents is 1. The van der Waals surface area contributed by atoms with E-state index in [1.807, 2.05) is 6.92 Å². The van der Waals surface area contributed by atoms with Crippen LogP contribution in [0.3, 0.4) is 0 Å². The Hall–Kier alpha value is -1.47. The van der Waals surface area contributed by atoms with E-state index in [2.05, 4.69) is 0 Å². The molecule has 0 radical (unpaired) electrons. The van der Waals surface area contributed by atoms with Crippen LogP contribution < -0.4 is 5.73 Å². The fourth-order valence-electron chi connectivity index (χ4n) is 1.63. The molecule has 19 heavy (non-hydrogen) atoms. The lowest BCUT2D eigenvalue weighted by Gasteiger charge is -2.08. The number of rotatable bonds is 7. The molecule has 0 aliphatic rings. The first-order valence-electron chi connectivity index (χ1n) is 6.09. The van der Waals surface area contributed by atoms with Crippen molar-refractivity contribution in [3.63, 3.8) is 0 Å². The highest BCUT2D eigenvalue weighted by Crippen LogP contribution is 2.18. The minimum absolute atomic E-state index is 0.0124. The van der Waals surface area contributed by atoms with Gasteiger partial charge in [0.1, 0.15) is 0 Å². The predicted molar refractivity (Wildman–Crippen MR) is 72.6 cm³/mol. The number of hydrogen-bond acceptors (Lipinski definition) is 5. The SMILES string of the molecule is CCC(N)CCCS(=O)(=O)c1ccc([N+](=O)[O-])cc1. The molecule has 1 atom stereocenters. The normalized spacial score (nSPS) is 13.2. The average Bonchev–Trinajstić information content (AvgIpc) is 2.38. The van der Waals surface area contributed by atoms with E-state index in [1.54, 1.807) is 0 Å². The molecule has 0 aliphatic carbocycles. The van der Waals surface area contributed by atoms with Gasteiger partial charge in [-0.2, -0.15) is 0 Å².